The minimum atomic E-state index is -1.10. The third kappa shape index (κ3) is 5.40. The molecule has 4 rings (SSSR count). The van der Waals surface area contributed by atoms with E-state index in [0.29, 0.717) is 0 Å². The van der Waals surface area contributed by atoms with Crippen molar-refractivity contribution in [2.75, 3.05) is 19.4 Å². The van der Waals surface area contributed by atoms with Gasteiger partial charge >= 0.3 is 12.1 Å². The molecule has 0 aliphatic heterocycles. The van der Waals surface area contributed by atoms with Gasteiger partial charge in [-0.05, 0) is 41.5 Å². The van der Waals surface area contributed by atoms with Gasteiger partial charge < -0.3 is 20.5 Å². The first-order valence-electron chi connectivity index (χ1n) is 11.8. The van der Waals surface area contributed by atoms with Crippen molar-refractivity contribution in [1.29, 1.82) is 0 Å². The number of carboxylic acids is 1. The van der Waals surface area contributed by atoms with E-state index in [0.717, 1.165) is 41.5 Å². The lowest BCUT2D eigenvalue weighted by Crippen LogP contribution is -2.54. The monoisotopic (exact) mass is 498 g/mol. The van der Waals surface area contributed by atoms with Gasteiger partial charge in [0.25, 0.3) is 0 Å². The van der Waals surface area contributed by atoms with E-state index in [9.17, 15) is 18.6 Å². The Balaban J connectivity index is 1.39. The zero-order valence-electron chi connectivity index (χ0n) is 19.6. The van der Waals surface area contributed by atoms with Crippen LogP contribution in [0, 0.1) is 0 Å². The summed E-state index contributed by atoms with van der Waals surface area (Å²) in [6.45, 7) is 0.315. The number of rotatable bonds is 10. The summed E-state index contributed by atoms with van der Waals surface area (Å²) in [5.74, 6) is -1.70. The molecule has 35 heavy (non-hydrogen) atoms. The summed E-state index contributed by atoms with van der Waals surface area (Å²) < 4.78 is 17.2. The maximum atomic E-state index is 12.8. The SMILES string of the molecule is CS(=O)C1(CNC(=O)C(CCC(=O)O)NC(=O)OCC2c3ccccc3-c3ccccc32)CCC1. The predicted octanol–water partition coefficient (Wildman–Crippen LogP) is 3.18. The molecule has 2 amide bonds. The lowest BCUT2D eigenvalue weighted by atomic mass is 9.84. The second-order valence-corrected chi connectivity index (χ2v) is 10.9. The van der Waals surface area contributed by atoms with Gasteiger partial charge in [0.05, 0.1) is 4.75 Å². The Labute approximate surface area is 206 Å². The van der Waals surface area contributed by atoms with E-state index in [2.05, 4.69) is 10.6 Å². The van der Waals surface area contributed by atoms with Crippen LogP contribution in [-0.4, -0.2) is 57.5 Å². The van der Waals surface area contributed by atoms with Gasteiger partial charge in [0, 0.05) is 35.9 Å². The van der Waals surface area contributed by atoms with Crippen molar-refractivity contribution in [2.45, 2.75) is 48.8 Å². The summed E-state index contributed by atoms with van der Waals surface area (Å²) in [4.78, 5) is 36.6. The first-order chi connectivity index (χ1) is 16.8. The molecule has 0 bridgehead atoms. The summed E-state index contributed by atoms with van der Waals surface area (Å²) in [6.07, 6.45) is 2.96. The normalized spacial score (nSPS) is 17.3. The van der Waals surface area contributed by atoms with Crippen LogP contribution in [0.2, 0.25) is 0 Å². The first-order valence-corrected chi connectivity index (χ1v) is 13.3. The molecule has 9 heteroatoms. The number of amides is 2. The van der Waals surface area contributed by atoms with Gasteiger partial charge in [-0.1, -0.05) is 55.0 Å². The molecule has 8 nitrogen and oxygen atoms in total. The molecule has 1 fully saturated rings. The van der Waals surface area contributed by atoms with Crippen molar-refractivity contribution in [3.63, 3.8) is 0 Å². The van der Waals surface area contributed by atoms with Gasteiger partial charge in [-0.25, -0.2) is 4.79 Å². The fourth-order valence-electron chi connectivity index (χ4n) is 4.83. The van der Waals surface area contributed by atoms with Crippen LogP contribution in [0.15, 0.2) is 48.5 Å². The van der Waals surface area contributed by atoms with E-state index in [1.165, 1.54) is 0 Å². The van der Waals surface area contributed by atoms with Crippen molar-refractivity contribution in [3.8, 4) is 11.1 Å². The quantitative estimate of drug-likeness (QED) is 0.463. The third-order valence-corrected chi connectivity index (χ3v) is 8.83. The molecule has 0 radical (unpaired) electrons. The van der Waals surface area contributed by atoms with Crippen LogP contribution in [0.5, 0.6) is 0 Å². The molecular weight excluding hydrogens is 468 g/mol. The van der Waals surface area contributed by atoms with Crippen molar-refractivity contribution >= 4 is 28.8 Å². The molecule has 2 atom stereocenters. The number of fused-ring (bicyclic) bond motifs is 3. The van der Waals surface area contributed by atoms with Gasteiger partial charge in [0.1, 0.15) is 12.6 Å². The average Bonchev–Trinajstić information content (AvgIpc) is 3.13. The smallest absolute Gasteiger partial charge is 0.407 e. The minimum Gasteiger partial charge on any atom is -0.481 e. The molecule has 2 aromatic carbocycles. The molecule has 186 valence electrons. The first kappa shape index (κ1) is 24.9. The summed E-state index contributed by atoms with van der Waals surface area (Å²) in [7, 11) is -1.10. The van der Waals surface area contributed by atoms with E-state index in [4.69, 9.17) is 9.84 Å². The topological polar surface area (TPSA) is 122 Å². The molecule has 2 aliphatic carbocycles. The van der Waals surface area contributed by atoms with Crippen molar-refractivity contribution in [3.05, 3.63) is 59.7 Å². The summed E-state index contributed by atoms with van der Waals surface area (Å²) in [5, 5.41) is 14.4. The van der Waals surface area contributed by atoms with Crippen LogP contribution < -0.4 is 10.6 Å². The zero-order chi connectivity index (χ0) is 25.0. The Hall–Kier alpha value is -3.20. The highest BCUT2D eigenvalue weighted by molar-refractivity contribution is 7.85. The Morgan fingerprint density at radius 1 is 1.09 bits per heavy atom. The minimum absolute atomic E-state index is 0.0758. The number of nitrogens with one attached hydrogen (secondary N) is 2. The van der Waals surface area contributed by atoms with Gasteiger partial charge in [-0.3, -0.25) is 13.8 Å². The molecular formula is C26H30N2O6S. The molecule has 2 unspecified atom stereocenters. The average molecular weight is 499 g/mol. The largest absolute Gasteiger partial charge is 0.481 e. The zero-order valence-corrected chi connectivity index (χ0v) is 20.4. The van der Waals surface area contributed by atoms with Crippen molar-refractivity contribution < 1.29 is 28.4 Å². The van der Waals surface area contributed by atoms with Crippen LogP contribution in [0.25, 0.3) is 11.1 Å². The highest BCUT2D eigenvalue weighted by atomic mass is 32.2. The number of carbonyl (C=O) groups is 3. The Bertz CT molecular complexity index is 1100. The van der Waals surface area contributed by atoms with E-state index in [1.54, 1.807) is 6.26 Å². The number of hydrogen-bond acceptors (Lipinski definition) is 5. The van der Waals surface area contributed by atoms with Crippen LogP contribution in [0.3, 0.4) is 0 Å². The fraction of sp³-hybridized carbons (Fsp3) is 0.423. The Morgan fingerprint density at radius 2 is 1.69 bits per heavy atom. The van der Waals surface area contributed by atoms with Crippen LogP contribution >= 0.6 is 0 Å². The number of carboxylic acid groups (broad SMARTS) is 1. The van der Waals surface area contributed by atoms with E-state index in [-0.39, 0.29) is 31.9 Å². The fourth-order valence-corrected chi connectivity index (χ4v) is 5.97. The standard InChI is InChI=1S/C26H30N2O6S/c1-35(33)26(13-6-14-26)16-27-24(31)22(11-12-23(29)30)28-25(32)34-15-21-19-9-4-2-7-17(19)18-8-3-5-10-20(18)21/h2-5,7-10,21-22H,6,11-16H2,1H3,(H,27,31)(H,28,32)(H,29,30). The van der Waals surface area contributed by atoms with Gasteiger partial charge in [-0.2, -0.15) is 0 Å². The Morgan fingerprint density at radius 3 is 2.20 bits per heavy atom. The van der Waals surface area contributed by atoms with Crippen LogP contribution in [0.4, 0.5) is 4.79 Å². The van der Waals surface area contributed by atoms with E-state index < -0.39 is 39.6 Å². The number of carbonyl (C=O) groups excluding carboxylic acids is 2. The molecule has 2 aromatic rings. The van der Waals surface area contributed by atoms with Gasteiger partial charge in [0.15, 0.2) is 0 Å². The van der Waals surface area contributed by atoms with Crippen molar-refractivity contribution in [1.82, 2.24) is 10.6 Å². The number of ether oxygens (including phenoxy) is 1. The summed E-state index contributed by atoms with van der Waals surface area (Å²) in [6, 6.07) is 14.9. The maximum absolute atomic E-state index is 12.8. The molecule has 0 spiro atoms. The second kappa shape index (κ2) is 10.6. The molecule has 3 N–H and O–H groups in total. The molecule has 0 heterocycles. The lowest BCUT2D eigenvalue weighted by Gasteiger charge is -2.40. The number of aliphatic carboxylic acids is 1. The number of alkyl carbamates (subject to hydrolysis) is 1. The lowest BCUT2D eigenvalue weighted by molar-refractivity contribution is -0.137. The van der Waals surface area contributed by atoms with Crippen molar-refractivity contribution in [2.24, 2.45) is 0 Å². The van der Waals surface area contributed by atoms with E-state index >= 15 is 0 Å². The maximum Gasteiger partial charge on any atom is 0.407 e. The molecule has 0 aromatic heterocycles. The number of benzene rings is 2. The Kier molecular flexibility index (Phi) is 7.54. The van der Waals surface area contributed by atoms with Gasteiger partial charge in [-0.15, -0.1) is 0 Å². The van der Waals surface area contributed by atoms with Crippen LogP contribution in [-0.2, 0) is 25.1 Å². The molecule has 2 aliphatic rings. The second-order valence-electron chi connectivity index (χ2n) is 9.16. The highest BCUT2D eigenvalue weighted by Crippen LogP contribution is 2.44. The third-order valence-electron chi connectivity index (χ3n) is 7.06. The summed E-state index contributed by atoms with van der Waals surface area (Å²) >= 11 is 0. The molecule has 1 saturated carbocycles. The van der Waals surface area contributed by atoms with E-state index in [1.807, 2.05) is 48.5 Å². The van der Waals surface area contributed by atoms with Crippen LogP contribution in [0.1, 0.15) is 49.1 Å². The summed E-state index contributed by atoms with van der Waals surface area (Å²) in [5.41, 5.74) is 4.35. The molecule has 0 saturated heterocycles. The predicted molar refractivity (Wildman–Crippen MR) is 133 cm³/mol. The number of hydrogen-bond donors (Lipinski definition) is 3. The highest BCUT2D eigenvalue weighted by Gasteiger charge is 2.41. The van der Waals surface area contributed by atoms with Gasteiger partial charge in [0.2, 0.25) is 5.91 Å².